The van der Waals surface area contributed by atoms with Crippen LogP contribution in [0.2, 0.25) is 0 Å². The van der Waals surface area contributed by atoms with Crippen LogP contribution >= 0.6 is 0 Å². The number of amides is 1. The number of rotatable bonds is 3. The zero-order chi connectivity index (χ0) is 22.2. The molecule has 4 rings (SSSR count). The highest BCUT2D eigenvalue weighted by molar-refractivity contribution is 6.00. The molecule has 0 aromatic heterocycles. The number of hydrogen-bond donors (Lipinski definition) is 1. The Morgan fingerprint density at radius 3 is 2.10 bits per heavy atom. The van der Waals surface area contributed by atoms with E-state index in [0.717, 1.165) is 16.7 Å². The predicted octanol–water partition coefficient (Wildman–Crippen LogP) is 5.27. The molecule has 1 heterocycles. The zero-order valence-electron chi connectivity index (χ0n) is 16.6. The predicted molar refractivity (Wildman–Crippen MR) is 111 cm³/mol. The van der Waals surface area contributed by atoms with Crippen LogP contribution in [0.3, 0.4) is 0 Å². The van der Waals surface area contributed by atoms with Gasteiger partial charge in [-0.25, -0.2) is 0 Å². The number of alkyl halides is 3. The van der Waals surface area contributed by atoms with E-state index < -0.39 is 29.9 Å². The topological polar surface area (TPSA) is 52.9 Å². The Morgan fingerprint density at radius 1 is 0.935 bits per heavy atom. The third kappa shape index (κ3) is 3.96. The first-order chi connectivity index (χ1) is 14.7. The lowest BCUT2D eigenvalue weighted by Crippen LogP contribution is -2.43. The standard InChI is InChI=1S/C24H19F3N2O2/c1-16-7-13-20(14-8-16)23(31)15-21(24(25,26)27)28-29(23)22(30)19-11-9-18(10-12-19)17-5-3-2-4-6-17/h2-14,31H,15H2,1H3. The molecule has 158 valence electrons. The van der Waals surface area contributed by atoms with Gasteiger partial charge in [0.2, 0.25) is 0 Å². The van der Waals surface area contributed by atoms with Gasteiger partial charge in [-0.1, -0.05) is 72.3 Å². The molecule has 0 saturated heterocycles. The SMILES string of the molecule is Cc1ccc(C2(O)CC(C(F)(F)F)=NN2C(=O)c2ccc(-c3ccccc3)cc2)cc1. The van der Waals surface area contributed by atoms with Crippen LogP contribution in [0.1, 0.15) is 27.9 Å². The van der Waals surface area contributed by atoms with Gasteiger partial charge in [-0.15, -0.1) is 0 Å². The molecule has 1 aliphatic rings. The zero-order valence-corrected chi connectivity index (χ0v) is 16.6. The lowest BCUT2D eigenvalue weighted by Gasteiger charge is -2.31. The molecule has 0 fully saturated rings. The number of benzene rings is 3. The highest BCUT2D eigenvalue weighted by Gasteiger charge is 2.53. The van der Waals surface area contributed by atoms with Crippen molar-refractivity contribution in [3.63, 3.8) is 0 Å². The minimum Gasteiger partial charge on any atom is -0.365 e. The first-order valence-electron chi connectivity index (χ1n) is 9.63. The van der Waals surface area contributed by atoms with E-state index in [2.05, 4.69) is 5.10 Å². The average molecular weight is 424 g/mol. The number of hydrogen-bond acceptors (Lipinski definition) is 3. The van der Waals surface area contributed by atoms with E-state index in [4.69, 9.17) is 0 Å². The molecule has 3 aromatic rings. The molecule has 31 heavy (non-hydrogen) atoms. The van der Waals surface area contributed by atoms with Crippen molar-refractivity contribution >= 4 is 11.6 Å². The molecule has 4 nitrogen and oxygen atoms in total. The molecule has 1 atom stereocenters. The summed E-state index contributed by atoms with van der Waals surface area (Å²) in [6, 6.07) is 22.2. The Balaban J connectivity index is 1.71. The third-order valence-corrected chi connectivity index (χ3v) is 5.26. The van der Waals surface area contributed by atoms with Crippen molar-refractivity contribution in [2.75, 3.05) is 0 Å². The quantitative estimate of drug-likeness (QED) is 0.623. The van der Waals surface area contributed by atoms with Crippen molar-refractivity contribution in [2.45, 2.75) is 25.2 Å². The number of carbonyl (C=O) groups is 1. The molecule has 0 spiro atoms. The highest BCUT2D eigenvalue weighted by atomic mass is 19.4. The number of nitrogens with zero attached hydrogens (tertiary/aromatic N) is 2. The Hall–Kier alpha value is -3.45. The first-order valence-corrected chi connectivity index (χ1v) is 9.63. The summed E-state index contributed by atoms with van der Waals surface area (Å²) in [6.07, 6.45) is -5.60. The molecule has 1 amide bonds. The summed E-state index contributed by atoms with van der Waals surface area (Å²) in [6.45, 7) is 1.82. The maximum absolute atomic E-state index is 13.4. The monoisotopic (exact) mass is 424 g/mol. The largest absolute Gasteiger partial charge is 0.431 e. The number of carbonyl (C=O) groups excluding carboxylic acids is 1. The lowest BCUT2D eigenvalue weighted by molar-refractivity contribution is -0.0816. The van der Waals surface area contributed by atoms with E-state index in [9.17, 15) is 23.1 Å². The number of aryl methyl sites for hydroxylation is 1. The fraction of sp³-hybridized carbons (Fsp3) is 0.167. The van der Waals surface area contributed by atoms with Gasteiger partial charge in [0, 0.05) is 11.1 Å². The van der Waals surface area contributed by atoms with Crippen molar-refractivity contribution in [3.8, 4) is 11.1 Å². The summed E-state index contributed by atoms with van der Waals surface area (Å²) in [7, 11) is 0. The van der Waals surface area contributed by atoms with Crippen molar-refractivity contribution in [3.05, 3.63) is 95.6 Å². The van der Waals surface area contributed by atoms with Gasteiger partial charge in [-0.3, -0.25) is 4.79 Å². The van der Waals surface area contributed by atoms with Gasteiger partial charge < -0.3 is 5.11 Å². The molecule has 0 aliphatic carbocycles. The van der Waals surface area contributed by atoms with E-state index in [1.807, 2.05) is 37.3 Å². The molecule has 1 N–H and O–H groups in total. The van der Waals surface area contributed by atoms with Gasteiger partial charge in [-0.05, 0) is 30.2 Å². The molecular formula is C24H19F3N2O2. The first kappa shape index (κ1) is 20.8. The van der Waals surface area contributed by atoms with Crippen LogP contribution in [0.4, 0.5) is 13.2 Å². The van der Waals surface area contributed by atoms with Crippen molar-refractivity contribution in [1.82, 2.24) is 5.01 Å². The van der Waals surface area contributed by atoms with Crippen LogP contribution in [0.5, 0.6) is 0 Å². The van der Waals surface area contributed by atoms with E-state index in [-0.39, 0.29) is 11.1 Å². The van der Waals surface area contributed by atoms with Crippen LogP contribution in [-0.2, 0) is 5.72 Å². The maximum atomic E-state index is 13.4. The summed E-state index contributed by atoms with van der Waals surface area (Å²) in [4.78, 5) is 13.1. The third-order valence-electron chi connectivity index (χ3n) is 5.26. The molecule has 0 saturated carbocycles. The Labute approximate surface area is 177 Å². The Bertz CT molecular complexity index is 1120. The lowest BCUT2D eigenvalue weighted by atomic mass is 9.95. The molecule has 0 radical (unpaired) electrons. The minimum atomic E-state index is -4.76. The average Bonchev–Trinajstić information content (AvgIpc) is 3.13. The summed E-state index contributed by atoms with van der Waals surface area (Å²) >= 11 is 0. The van der Waals surface area contributed by atoms with Crippen LogP contribution in [-0.4, -0.2) is 27.9 Å². The van der Waals surface area contributed by atoms with Gasteiger partial charge in [0.05, 0.1) is 6.42 Å². The van der Waals surface area contributed by atoms with Crippen LogP contribution in [0.25, 0.3) is 11.1 Å². The van der Waals surface area contributed by atoms with E-state index >= 15 is 0 Å². The number of hydrazone groups is 1. The van der Waals surface area contributed by atoms with E-state index in [1.165, 1.54) is 24.3 Å². The molecule has 3 aromatic carbocycles. The van der Waals surface area contributed by atoms with Crippen LogP contribution in [0.15, 0.2) is 84.0 Å². The second kappa shape index (κ2) is 7.67. The summed E-state index contributed by atoms with van der Waals surface area (Å²) in [5, 5.41) is 15.2. The van der Waals surface area contributed by atoms with Gasteiger partial charge in [0.1, 0.15) is 5.71 Å². The van der Waals surface area contributed by atoms with E-state index in [1.54, 1.807) is 24.3 Å². The number of aliphatic hydroxyl groups is 1. The van der Waals surface area contributed by atoms with Gasteiger partial charge in [-0.2, -0.15) is 23.3 Å². The summed E-state index contributed by atoms with van der Waals surface area (Å²) in [5.41, 5.74) is -0.481. The van der Waals surface area contributed by atoms with Crippen molar-refractivity contribution in [2.24, 2.45) is 5.10 Å². The smallest absolute Gasteiger partial charge is 0.365 e. The maximum Gasteiger partial charge on any atom is 0.431 e. The van der Waals surface area contributed by atoms with Crippen LogP contribution in [0, 0.1) is 6.92 Å². The van der Waals surface area contributed by atoms with Gasteiger partial charge >= 0.3 is 6.18 Å². The molecular weight excluding hydrogens is 405 g/mol. The van der Waals surface area contributed by atoms with E-state index in [0.29, 0.717) is 5.01 Å². The molecule has 0 bridgehead atoms. The molecule has 1 aliphatic heterocycles. The minimum absolute atomic E-state index is 0.123. The molecule has 1 unspecified atom stereocenters. The van der Waals surface area contributed by atoms with Crippen molar-refractivity contribution in [1.29, 1.82) is 0 Å². The summed E-state index contributed by atoms with van der Waals surface area (Å²) in [5.74, 6) is -0.818. The fourth-order valence-corrected chi connectivity index (χ4v) is 3.52. The second-order valence-corrected chi connectivity index (χ2v) is 7.46. The van der Waals surface area contributed by atoms with Gasteiger partial charge in [0.15, 0.2) is 5.72 Å². The fourth-order valence-electron chi connectivity index (χ4n) is 3.52. The van der Waals surface area contributed by atoms with Gasteiger partial charge in [0.25, 0.3) is 5.91 Å². The highest BCUT2D eigenvalue weighted by Crippen LogP contribution is 2.40. The Morgan fingerprint density at radius 2 is 1.52 bits per heavy atom. The molecule has 7 heteroatoms. The second-order valence-electron chi connectivity index (χ2n) is 7.46. The Kier molecular flexibility index (Phi) is 5.15. The normalized spacial score (nSPS) is 18.7. The van der Waals surface area contributed by atoms with Crippen molar-refractivity contribution < 1.29 is 23.1 Å². The van der Waals surface area contributed by atoms with Crippen LogP contribution < -0.4 is 0 Å². The summed E-state index contributed by atoms with van der Waals surface area (Å²) < 4.78 is 40.2. The number of halogens is 3.